The molecule has 4 heterocycles. The van der Waals surface area contributed by atoms with Crippen LogP contribution in [0.1, 0.15) is 55.7 Å². The second-order valence-electron chi connectivity index (χ2n) is 13.6. The summed E-state index contributed by atoms with van der Waals surface area (Å²) in [4.78, 5) is 47.6. The normalized spacial score (nSPS) is 21.9. The van der Waals surface area contributed by atoms with Crippen LogP contribution in [0.5, 0.6) is 5.75 Å². The van der Waals surface area contributed by atoms with Gasteiger partial charge in [0.05, 0.1) is 22.5 Å². The molecule has 4 amide bonds. The van der Waals surface area contributed by atoms with Crippen LogP contribution >= 0.6 is 11.6 Å². The van der Waals surface area contributed by atoms with Crippen LogP contribution in [0.25, 0.3) is 0 Å². The van der Waals surface area contributed by atoms with E-state index in [0.29, 0.717) is 40.9 Å². The standard InChI is InChI=1S/C34H38ClN9O4/c1-33(2)30(34(3,4)31(33)48-23-6-5-21(18-36)24(35)17-23)39-29(46)25-7-8-27(41-40-25)43-15-13-42(14-16-43)20-22-9-11-37-19-26(22)44-12-10-28(45)38-32(44)47/h5-9,11,17,19,30-31H,10,12-16,20H2,1-4H3,(H,39,46)(H,38,45,47). The molecule has 48 heavy (non-hydrogen) atoms. The van der Waals surface area contributed by atoms with Gasteiger partial charge in [0.2, 0.25) is 5.91 Å². The molecule has 0 unspecified atom stereocenters. The molecule has 3 fully saturated rings. The van der Waals surface area contributed by atoms with Crippen LogP contribution < -0.4 is 25.2 Å². The van der Waals surface area contributed by atoms with Gasteiger partial charge in [-0.2, -0.15) is 5.26 Å². The van der Waals surface area contributed by atoms with Gasteiger partial charge in [-0.3, -0.25) is 29.7 Å². The summed E-state index contributed by atoms with van der Waals surface area (Å²) in [5, 5.41) is 23.7. The Morgan fingerprint density at radius 3 is 2.46 bits per heavy atom. The number of urea groups is 1. The van der Waals surface area contributed by atoms with Crippen molar-refractivity contribution in [2.24, 2.45) is 10.8 Å². The highest BCUT2D eigenvalue weighted by molar-refractivity contribution is 6.31. The van der Waals surface area contributed by atoms with Crippen molar-refractivity contribution in [3.05, 3.63) is 70.6 Å². The summed E-state index contributed by atoms with van der Waals surface area (Å²) < 4.78 is 6.33. The zero-order valence-electron chi connectivity index (χ0n) is 27.4. The lowest BCUT2D eigenvalue weighted by Crippen LogP contribution is -2.74. The molecule has 3 aromatic rings. The monoisotopic (exact) mass is 671 g/mol. The number of hydrogen-bond donors (Lipinski definition) is 2. The molecule has 6 rings (SSSR count). The number of anilines is 2. The molecule has 2 N–H and O–H groups in total. The van der Waals surface area contributed by atoms with Crippen LogP contribution in [0.2, 0.25) is 5.02 Å². The topological polar surface area (TPSA) is 157 Å². The summed E-state index contributed by atoms with van der Waals surface area (Å²) in [6.45, 7) is 12.1. The lowest BCUT2D eigenvalue weighted by atomic mass is 9.49. The van der Waals surface area contributed by atoms with E-state index in [1.807, 2.05) is 12.1 Å². The zero-order chi connectivity index (χ0) is 34.2. The lowest BCUT2D eigenvalue weighted by molar-refractivity contribution is -0.164. The number of rotatable bonds is 8. The molecule has 2 aromatic heterocycles. The van der Waals surface area contributed by atoms with Crippen LogP contribution in [-0.2, 0) is 11.3 Å². The van der Waals surface area contributed by atoms with Gasteiger partial charge in [-0.25, -0.2) is 4.79 Å². The molecule has 1 aliphatic carbocycles. The average Bonchev–Trinajstić information content (AvgIpc) is 3.07. The molecule has 2 aliphatic heterocycles. The molecule has 14 heteroatoms. The van der Waals surface area contributed by atoms with Crippen molar-refractivity contribution in [1.82, 2.24) is 30.7 Å². The van der Waals surface area contributed by atoms with Crippen molar-refractivity contribution in [3.8, 4) is 11.8 Å². The first-order valence-corrected chi connectivity index (χ1v) is 16.3. The molecule has 0 bridgehead atoms. The van der Waals surface area contributed by atoms with Gasteiger partial charge >= 0.3 is 6.03 Å². The Hall–Kier alpha value is -4.80. The van der Waals surface area contributed by atoms with Crippen molar-refractivity contribution >= 4 is 41.0 Å². The predicted molar refractivity (Wildman–Crippen MR) is 179 cm³/mol. The quantitative estimate of drug-likeness (QED) is 0.361. The maximum atomic E-state index is 13.3. The molecule has 2 saturated heterocycles. The second-order valence-corrected chi connectivity index (χ2v) is 14.0. The van der Waals surface area contributed by atoms with E-state index in [4.69, 9.17) is 21.6 Å². The summed E-state index contributed by atoms with van der Waals surface area (Å²) in [7, 11) is 0. The van der Waals surface area contributed by atoms with Gasteiger partial charge in [-0.1, -0.05) is 39.3 Å². The number of imide groups is 1. The van der Waals surface area contributed by atoms with Crippen LogP contribution in [0.15, 0.2) is 48.8 Å². The van der Waals surface area contributed by atoms with E-state index in [0.717, 1.165) is 31.7 Å². The summed E-state index contributed by atoms with van der Waals surface area (Å²) in [6.07, 6.45) is 3.42. The molecule has 3 aliphatic rings. The maximum absolute atomic E-state index is 13.3. The number of benzene rings is 1. The Morgan fingerprint density at radius 2 is 1.81 bits per heavy atom. The van der Waals surface area contributed by atoms with E-state index in [1.54, 1.807) is 41.6 Å². The minimum atomic E-state index is -0.426. The van der Waals surface area contributed by atoms with Crippen molar-refractivity contribution in [1.29, 1.82) is 5.26 Å². The SMILES string of the molecule is CC1(C)C(NC(=O)c2ccc(N3CCN(Cc4ccncc4N4CCC(=O)NC4=O)CC3)nn2)C(C)(C)C1Oc1ccc(C#N)c(Cl)c1. The Labute approximate surface area is 284 Å². The van der Waals surface area contributed by atoms with Gasteiger partial charge in [0, 0.05) is 74.8 Å². The van der Waals surface area contributed by atoms with E-state index < -0.39 is 16.9 Å². The molecule has 250 valence electrons. The van der Waals surface area contributed by atoms with E-state index in [1.165, 1.54) is 0 Å². The minimum Gasteiger partial charge on any atom is -0.489 e. The van der Waals surface area contributed by atoms with E-state index in [2.05, 4.69) is 69.4 Å². The lowest BCUT2D eigenvalue weighted by Gasteiger charge is -2.63. The number of nitriles is 1. The van der Waals surface area contributed by atoms with E-state index >= 15 is 0 Å². The Kier molecular flexibility index (Phi) is 8.98. The molecular weight excluding hydrogens is 634 g/mol. The number of halogens is 1. The number of carbonyl (C=O) groups is 3. The molecule has 0 radical (unpaired) electrons. The third-order valence-electron chi connectivity index (χ3n) is 9.64. The molecular formula is C34H38ClN9O4. The smallest absolute Gasteiger partial charge is 0.328 e. The van der Waals surface area contributed by atoms with Crippen LogP contribution in [0, 0.1) is 22.2 Å². The number of carbonyl (C=O) groups excluding carboxylic acids is 3. The maximum Gasteiger partial charge on any atom is 0.328 e. The summed E-state index contributed by atoms with van der Waals surface area (Å²) in [5.74, 6) is 0.700. The fourth-order valence-electron chi connectivity index (χ4n) is 7.38. The molecule has 0 atom stereocenters. The number of ether oxygens (including phenoxy) is 1. The molecule has 1 aromatic carbocycles. The number of aromatic nitrogens is 3. The van der Waals surface area contributed by atoms with Gasteiger partial charge in [0.1, 0.15) is 17.9 Å². The highest BCUT2D eigenvalue weighted by atomic mass is 35.5. The number of nitrogens with one attached hydrogen (secondary N) is 2. The zero-order valence-corrected chi connectivity index (χ0v) is 28.1. The van der Waals surface area contributed by atoms with Gasteiger partial charge in [0.15, 0.2) is 11.5 Å². The van der Waals surface area contributed by atoms with Gasteiger partial charge in [-0.15, -0.1) is 10.2 Å². The summed E-state index contributed by atoms with van der Waals surface area (Å²) in [6, 6.07) is 11.9. The Bertz CT molecular complexity index is 1750. The number of hydrogen-bond acceptors (Lipinski definition) is 10. The first kappa shape index (κ1) is 33.1. The predicted octanol–water partition coefficient (Wildman–Crippen LogP) is 3.78. The third-order valence-corrected chi connectivity index (χ3v) is 9.95. The fourth-order valence-corrected chi connectivity index (χ4v) is 7.59. The minimum absolute atomic E-state index is 0.196. The van der Waals surface area contributed by atoms with Gasteiger partial charge in [-0.05, 0) is 35.9 Å². The molecule has 1 saturated carbocycles. The first-order valence-electron chi connectivity index (χ1n) is 15.9. The number of pyridine rings is 1. The largest absolute Gasteiger partial charge is 0.489 e. The second kappa shape index (κ2) is 13.0. The highest BCUT2D eigenvalue weighted by Crippen LogP contribution is 2.55. The van der Waals surface area contributed by atoms with Crippen molar-refractivity contribution < 1.29 is 19.1 Å². The van der Waals surface area contributed by atoms with Gasteiger partial charge in [0.25, 0.3) is 5.91 Å². The number of nitrogens with zero attached hydrogens (tertiary/aromatic N) is 7. The Morgan fingerprint density at radius 1 is 1.06 bits per heavy atom. The van der Waals surface area contributed by atoms with Gasteiger partial charge < -0.3 is 15.0 Å². The van der Waals surface area contributed by atoms with Crippen molar-refractivity contribution in [3.63, 3.8) is 0 Å². The third kappa shape index (κ3) is 6.37. The highest BCUT2D eigenvalue weighted by Gasteiger charge is 2.64. The Balaban J connectivity index is 1.03. The fraction of sp³-hybridized carbons (Fsp3) is 0.441. The number of amides is 4. The summed E-state index contributed by atoms with van der Waals surface area (Å²) >= 11 is 6.22. The average molecular weight is 672 g/mol. The summed E-state index contributed by atoms with van der Waals surface area (Å²) in [5.41, 5.74) is 1.49. The van der Waals surface area contributed by atoms with Crippen molar-refractivity contribution in [2.45, 2.75) is 52.8 Å². The van der Waals surface area contributed by atoms with E-state index in [9.17, 15) is 14.4 Å². The molecule has 0 spiro atoms. The van der Waals surface area contributed by atoms with E-state index in [-0.39, 0.29) is 36.1 Å². The van der Waals surface area contributed by atoms with Crippen molar-refractivity contribution in [2.75, 3.05) is 42.5 Å². The van der Waals surface area contributed by atoms with Crippen LogP contribution in [-0.4, -0.2) is 82.8 Å². The number of piperazine rings is 1. The van der Waals surface area contributed by atoms with Crippen LogP contribution in [0.4, 0.5) is 16.3 Å². The first-order chi connectivity index (χ1) is 22.9. The van der Waals surface area contributed by atoms with Crippen LogP contribution in [0.3, 0.4) is 0 Å². The molecule has 13 nitrogen and oxygen atoms in total.